The molecule has 2 nitrogen and oxygen atoms in total. The van der Waals surface area contributed by atoms with Crippen LogP contribution in [0.1, 0.15) is 0 Å². The van der Waals surface area contributed by atoms with E-state index >= 15 is 0 Å². The van der Waals surface area contributed by atoms with Gasteiger partial charge in [0.1, 0.15) is 0 Å². The van der Waals surface area contributed by atoms with Gasteiger partial charge >= 0.3 is 0 Å². The zero-order chi connectivity index (χ0) is 5.98. The zero-order valence-corrected chi connectivity index (χ0v) is 4.62. The normalized spacial score (nSPS) is 35.8. The molecular weight excluding hydrogens is 100 g/mol. The van der Waals surface area contributed by atoms with Gasteiger partial charge in [0.15, 0.2) is 0 Å². The molecule has 0 saturated heterocycles. The lowest BCUT2D eigenvalue weighted by molar-refractivity contribution is 0.923. The first-order valence-corrected chi connectivity index (χ1v) is 2.67. The van der Waals surface area contributed by atoms with Gasteiger partial charge in [-0.25, -0.2) is 0 Å². The molecule has 0 bridgehead atoms. The van der Waals surface area contributed by atoms with Crippen LogP contribution in [0.15, 0.2) is 24.3 Å². The fourth-order valence-corrected chi connectivity index (χ4v) is 0.642. The maximum atomic E-state index is 5.47. The van der Waals surface area contributed by atoms with Gasteiger partial charge in [-0.05, 0) is 0 Å². The van der Waals surface area contributed by atoms with E-state index in [0.29, 0.717) is 0 Å². The Morgan fingerprint density at radius 1 is 0.750 bits per heavy atom. The molecule has 2 heteroatoms. The van der Waals surface area contributed by atoms with Crippen LogP contribution in [0.4, 0.5) is 0 Å². The van der Waals surface area contributed by atoms with Crippen LogP contribution >= 0.6 is 0 Å². The van der Waals surface area contributed by atoms with Gasteiger partial charge in [0.2, 0.25) is 0 Å². The summed E-state index contributed by atoms with van der Waals surface area (Å²) in [6.07, 6.45) is 7.57. The van der Waals surface area contributed by atoms with E-state index in [2.05, 4.69) is 0 Å². The van der Waals surface area contributed by atoms with Crippen molar-refractivity contribution in [2.75, 3.05) is 0 Å². The second kappa shape index (κ2) is 2.11. The van der Waals surface area contributed by atoms with Crippen molar-refractivity contribution in [3.05, 3.63) is 24.3 Å². The maximum Gasteiger partial charge on any atom is 0.0411 e. The smallest absolute Gasteiger partial charge is 0.0411 e. The molecule has 0 aliphatic heterocycles. The Morgan fingerprint density at radius 3 is 1.25 bits per heavy atom. The third-order valence-corrected chi connectivity index (χ3v) is 1.11. The molecule has 0 radical (unpaired) electrons. The topological polar surface area (TPSA) is 52.0 Å². The maximum absolute atomic E-state index is 5.47. The van der Waals surface area contributed by atoms with Crippen molar-refractivity contribution in [1.82, 2.24) is 0 Å². The van der Waals surface area contributed by atoms with Gasteiger partial charge < -0.3 is 11.5 Å². The van der Waals surface area contributed by atoms with Crippen molar-refractivity contribution in [2.45, 2.75) is 12.1 Å². The summed E-state index contributed by atoms with van der Waals surface area (Å²) in [6, 6.07) is 0.157. The highest BCUT2D eigenvalue weighted by Gasteiger charge is 1.98. The second-order valence-electron chi connectivity index (χ2n) is 1.92. The van der Waals surface area contributed by atoms with Crippen LogP contribution in [-0.4, -0.2) is 12.1 Å². The molecule has 1 aliphatic rings. The Morgan fingerprint density at radius 2 is 1.00 bits per heavy atom. The quantitative estimate of drug-likeness (QED) is 0.423. The van der Waals surface area contributed by atoms with Gasteiger partial charge in [-0.2, -0.15) is 0 Å². The van der Waals surface area contributed by atoms with Crippen molar-refractivity contribution in [3.8, 4) is 0 Å². The summed E-state index contributed by atoms with van der Waals surface area (Å²) in [6.45, 7) is 0. The van der Waals surface area contributed by atoms with Gasteiger partial charge in [0, 0.05) is 12.1 Å². The molecule has 0 fully saturated rings. The SMILES string of the molecule is NC1C=CC(N)C=C1. The van der Waals surface area contributed by atoms with Crippen LogP contribution in [-0.2, 0) is 0 Å². The fourth-order valence-electron chi connectivity index (χ4n) is 0.642. The molecule has 0 aromatic carbocycles. The molecule has 44 valence electrons. The van der Waals surface area contributed by atoms with Gasteiger partial charge in [-0.1, -0.05) is 24.3 Å². The van der Waals surface area contributed by atoms with Crippen molar-refractivity contribution < 1.29 is 0 Å². The average Bonchev–Trinajstić information content (AvgIpc) is 1.77. The van der Waals surface area contributed by atoms with Crippen molar-refractivity contribution in [1.29, 1.82) is 0 Å². The van der Waals surface area contributed by atoms with E-state index in [4.69, 9.17) is 11.5 Å². The number of nitrogens with two attached hydrogens (primary N) is 2. The minimum Gasteiger partial charge on any atom is -0.321 e. The molecule has 0 spiro atoms. The Kier molecular flexibility index (Phi) is 1.46. The molecule has 0 saturated carbocycles. The third kappa shape index (κ3) is 1.18. The van der Waals surface area contributed by atoms with Crippen LogP contribution in [0, 0.1) is 0 Å². The van der Waals surface area contributed by atoms with E-state index in [1.54, 1.807) is 0 Å². The predicted octanol–water partition coefficient (Wildman–Crippen LogP) is -0.233. The van der Waals surface area contributed by atoms with E-state index in [9.17, 15) is 0 Å². The monoisotopic (exact) mass is 110 g/mol. The highest BCUT2D eigenvalue weighted by Crippen LogP contribution is 1.96. The van der Waals surface area contributed by atoms with Crippen molar-refractivity contribution >= 4 is 0 Å². The molecule has 4 N–H and O–H groups in total. The molecule has 0 aromatic rings. The van der Waals surface area contributed by atoms with E-state index in [0.717, 1.165) is 0 Å². The Bertz CT molecular complexity index is 98.5. The minimum atomic E-state index is 0.0785. The summed E-state index contributed by atoms with van der Waals surface area (Å²) >= 11 is 0. The summed E-state index contributed by atoms with van der Waals surface area (Å²) in [5.41, 5.74) is 10.9. The zero-order valence-electron chi connectivity index (χ0n) is 4.62. The molecule has 0 unspecified atom stereocenters. The summed E-state index contributed by atoms with van der Waals surface area (Å²) in [7, 11) is 0. The Hall–Kier alpha value is -0.600. The standard InChI is InChI=1S/C6H10N2/c7-5-1-2-6(8)4-3-5/h1-6H,7-8H2. The van der Waals surface area contributed by atoms with Crippen LogP contribution < -0.4 is 11.5 Å². The van der Waals surface area contributed by atoms with E-state index in [-0.39, 0.29) is 12.1 Å². The lowest BCUT2D eigenvalue weighted by Crippen LogP contribution is -2.23. The third-order valence-electron chi connectivity index (χ3n) is 1.11. The summed E-state index contributed by atoms with van der Waals surface area (Å²) in [5.74, 6) is 0. The summed E-state index contributed by atoms with van der Waals surface area (Å²) in [4.78, 5) is 0. The Labute approximate surface area is 48.9 Å². The number of hydrogen-bond acceptors (Lipinski definition) is 2. The molecule has 0 heterocycles. The second-order valence-corrected chi connectivity index (χ2v) is 1.92. The first-order chi connectivity index (χ1) is 3.79. The number of rotatable bonds is 0. The van der Waals surface area contributed by atoms with Crippen molar-refractivity contribution in [2.24, 2.45) is 11.5 Å². The van der Waals surface area contributed by atoms with Crippen LogP contribution in [0.25, 0.3) is 0 Å². The van der Waals surface area contributed by atoms with E-state index in [1.165, 1.54) is 0 Å². The summed E-state index contributed by atoms with van der Waals surface area (Å²) < 4.78 is 0. The molecular formula is C6H10N2. The van der Waals surface area contributed by atoms with Crippen LogP contribution in [0.2, 0.25) is 0 Å². The highest BCUT2D eigenvalue weighted by atomic mass is 14.6. The van der Waals surface area contributed by atoms with E-state index < -0.39 is 0 Å². The average molecular weight is 110 g/mol. The largest absolute Gasteiger partial charge is 0.321 e. The number of hydrogen-bond donors (Lipinski definition) is 2. The van der Waals surface area contributed by atoms with Crippen molar-refractivity contribution in [3.63, 3.8) is 0 Å². The molecule has 0 atom stereocenters. The molecule has 0 aromatic heterocycles. The minimum absolute atomic E-state index is 0.0785. The van der Waals surface area contributed by atoms with Gasteiger partial charge in [-0.15, -0.1) is 0 Å². The van der Waals surface area contributed by atoms with Gasteiger partial charge in [0.05, 0.1) is 0 Å². The first-order valence-electron chi connectivity index (χ1n) is 2.67. The lowest BCUT2D eigenvalue weighted by Gasteiger charge is -2.07. The molecule has 8 heavy (non-hydrogen) atoms. The summed E-state index contributed by atoms with van der Waals surface area (Å²) in [5, 5.41) is 0. The van der Waals surface area contributed by atoms with Crippen LogP contribution in [0.3, 0.4) is 0 Å². The first kappa shape index (κ1) is 5.54. The molecule has 1 aliphatic carbocycles. The lowest BCUT2D eigenvalue weighted by atomic mass is 10.1. The van der Waals surface area contributed by atoms with Crippen LogP contribution in [0.5, 0.6) is 0 Å². The highest BCUT2D eigenvalue weighted by molar-refractivity contribution is 5.18. The molecule has 1 rings (SSSR count). The molecule has 0 amide bonds. The van der Waals surface area contributed by atoms with E-state index in [1.807, 2.05) is 24.3 Å². The van der Waals surface area contributed by atoms with Gasteiger partial charge in [0.25, 0.3) is 0 Å². The predicted molar refractivity (Wildman–Crippen MR) is 34.2 cm³/mol. The fraction of sp³-hybridized carbons (Fsp3) is 0.333. The Balaban J connectivity index is 2.54. The van der Waals surface area contributed by atoms with Gasteiger partial charge in [-0.3, -0.25) is 0 Å².